The molecule has 394 valence electrons. The molecule has 8 rings (SSSR count). The smallest absolute Gasteiger partial charge is 0.271 e. The molecule has 20 nitrogen and oxygen atoms in total. The van der Waals surface area contributed by atoms with E-state index in [1.54, 1.807) is 85.0 Å². The lowest BCUT2D eigenvalue weighted by Gasteiger charge is -2.39. The molecule has 2 aromatic carbocycles. The summed E-state index contributed by atoms with van der Waals surface area (Å²) in [6, 6.07) is 12.5. The number of nitrogens with one attached hydrogen (secondary N) is 3. The van der Waals surface area contributed by atoms with Gasteiger partial charge in [0.05, 0.1) is 61.1 Å². The molecule has 1 saturated carbocycles. The highest BCUT2D eigenvalue weighted by Gasteiger charge is 2.38. The van der Waals surface area contributed by atoms with Crippen molar-refractivity contribution in [1.29, 1.82) is 0 Å². The normalized spacial score (nSPS) is 17.1. The molecule has 0 bridgehead atoms. The summed E-state index contributed by atoms with van der Waals surface area (Å²) in [6.45, 7) is 4.98. The van der Waals surface area contributed by atoms with Gasteiger partial charge in [-0.1, -0.05) is 19.3 Å². The van der Waals surface area contributed by atoms with E-state index in [1.807, 2.05) is 11.4 Å². The SMILES string of the molecule is CN[C@@H](C)C(=O)N[C@H](C(=O)N1CCN(C(=O)c2c(C(=O)NCCOCCOCCOc3ccc(S(=O)(=O)N4CCC(Oc5ncnc6ccsc56)CC4)cc3)c3ccc(OC)cc3n2C)CC1)C1CCCCC1. The number of amides is 4. The van der Waals surface area contributed by atoms with Gasteiger partial charge < -0.3 is 54.0 Å². The maximum atomic E-state index is 14.4. The largest absolute Gasteiger partial charge is 0.497 e. The Morgan fingerprint density at radius 1 is 0.822 bits per heavy atom. The zero-order valence-electron chi connectivity index (χ0n) is 42.0. The second-order valence-electron chi connectivity index (χ2n) is 18.5. The molecule has 5 aromatic rings. The first-order valence-electron chi connectivity index (χ1n) is 25.1. The van der Waals surface area contributed by atoms with E-state index < -0.39 is 28.0 Å². The van der Waals surface area contributed by atoms with Crippen molar-refractivity contribution in [2.75, 3.05) is 93.0 Å². The number of thiophene rings is 1. The number of aryl methyl sites for hydroxylation is 1. The Hall–Kier alpha value is -5.91. The molecular formula is C51H67N9O11S2. The maximum Gasteiger partial charge on any atom is 0.271 e. The van der Waals surface area contributed by atoms with E-state index in [0.29, 0.717) is 67.3 Å². The van der Waals surface area contributed by atoms with Gasteiger partial charge in [-0.2, -0.15) is 4.31 Å². The maximum absolute atomic E-state index is 14.4. The van der Waals surface area contributed by atoms with Crippen LogP contribution in [0.4, 0.5) is 0 Å². The van der Waals surface area contributed by atoms with Gasteiger partial charge in [0.25, 0.3) is 11.8 Å². The van der Waals surface area contributed by atoms with Gasteiger partial charge in [0.15, 0.2) is 0 Å². The summed E-state index contributed by atoms with van der Waals surface area (Å²) in [5, 5.41) is 11.4. The second kappa shape index (κ2) is 24.9. The molecule has 2 aliphatic heterocycles. The van der Waals surface area contributed by atoms with Gasteiger partial charge in [0.2, 0.25) is 27.7 Å². The van der Waals surface area contributed by atoms with E-state index >= 15 is 0 Å². The van der Waals surface area contributed by atoms with Crippen LogP contribution in [0.3, 0.4) is 0 Å². The lowest BCUT2D eigenvalue weighted by Crippen LogP contribution is -2.59. The van der Waals surface area contributed by atoms with E-state index in [1.165, 1.54) is 22.0 Å². The zero-order valence-corrected chi connectivity index (χ0v) is 43.6. The summed E-state index contributed by atoms with van der Waals surface area (Å²) in [5.41, 5.74) is 1.95. The van der Waals surface area contributed by atoms with Crippen LogP contribution in [-0.4, -0.2) is 172 Å². The Morgan fingerprint density at radius 2 is 1.51 bits per heavy atom. The highest BCUT2D eigenvalue weighted by molar-refractivity contribution is 7.89. The van der Waals surface area contributed by atoms with Crippen molar-refractivity contribution in [2.24, 2.45) is 13.0 Å². The van der Waals surface area contributed by atoms with E-state index in [-0.39, 0.29) is 98.6 Å². The highest BCUT2D eigenvalue weighted by atomic mass is 32.2. The third-order valence-electron chi connectivity index (χ3n) is 14.0. The summed E-state index contributed by atoms with van der Waals surface area (Å²) in [6.07, 6.45) is 7.32. The molecule has 4 amide bonds. The number of rotatable bonds is 22. The van der Waals surface area contributed by atoms with Crippen molar-refractivity contribution in [1.82, 2.24) is 44.6 Å². The number of benzene rings is 2. The number of piperidine rings is 1. The molecule has 0 spiro atoms. The van der Waals surface area contributed by atoms with E-state index in [9.17, 15) is 27.6 Å². The first-order chi connectivity index (χ1) is 35.4. The first kappa shape index (κ1) is 53.4. The number of nitrogens with zero attached hydrogens (tertiary/aromatic N) is 6. The van der Waals surface area contributed by atoms with E-state index in [2.05, 4.69) is 25.9 Å². The van der Waals surface area contributed by atoms with Crippen LogP contribution in [0.25, 0.3) is 21.1 Å². The van der Waals surface area contributed by atoms with Crippen LogP contribution in [0.1, 0.15) is 72.7 Å². The number of likely N-dealkylation sites (N-methyl/N-ethyl adjacent to an activating group) is 1. The van der Waals surface area contributed by atoms with Gasteiger partial charge in [-0.05, 0) is 93.4 Å². The van der Waals surface area contributed by atoms with Crippen molar-refractivity contribution >= 4 is 66.1 Å². The Bertz CT molecular complexity index is 2800. The van der Waals surface area contributed by atoms with Gasteiger partial charge >= 0.3 is 0 Å². The third-order valence-corrected chi connectivity index (χ3v) is 16.8. The number of hydrogen-bond donors (Lipinski definition) is 3. The van der Waals surface area contributed by atoms with Crippen molar-refractivity contribution in [3.8, 4) is 17.4 Å². The Balaban J connectivity index is 0.758. The van der Waals surface area contributed by atoms with Crippen LogP contribution in [0, 0.1) is 5.92 Å². The molecule has 0 radical (unpaired) electrons. The summed E-state index contributed by atoms with van der Waals surface area (Å²) >= 11 is 1.51. The van der Waals surface area contributed by atoms with Crippen LogP contribution in [-0.2, 0) is 36.1 Å². The molecule has 3 N–H and O–H groups in total. The molecule has 22 heteroatoms. The number of sulfonamides is 1. The van der Waals surface area contributed by atoms with Crippen molar-refractivity contribution in [2.45, 2.75) is 75.0 Å². The number of ether oxygens (including phenoxy) is 5. The molecule has 2 atom stereocenters. The second-order valence-corrected chi connectivity index (χ2v) is 21.4. The number of carbonyl (C=O) groups is 4. The van der Waals surface area contributed by atoms with E-state index in [4.69, 9.17) is 23.7 Å². The number of hydrogen-bond acceptors (Lipinski definition) is 15. The lowest BCUT2D eigenvalue weighted by atomic mass is 9.83. The summed E-state index contributed by atoms with van der Waals surface area (Å²) in [7, 11) is 1.32. The number of fused-ring (bicyclic) bond motifs is 2. The standard InChI is InChI=1S/C51H67N9O11S2/c1-34(52-2)47(61)56-44(35-8-6-5-7-9-35)50(63)58-22-24-59(25-23-58)51(64)45-43(40-15-12-38(67-4)32-42(40)57(45)3)48(62)53-19-26-68-27-28-69-29-30-70-36-10-13-39(14-11-36)73(65,66)60-20-16-37(17-21-60)71-49-46-41(18-31-72-46)54-33-55-49/h10-15,18,31-35,37,44,52H,5-9,16-17,19-30H2,1-4H3,(H,53,62)(H,56,61)/t34-,44-/m0/s1. The number of methoxy groups -OCH3 is 1. The van der Waals surface area contributed by atoms with Gasteiger partial charge in [-0.15, -0.1) is 11.3 Å². The quantitative estimate of drug-likeness (QED) is 0.0826. The summed E-state index contributed by atoms with van der Waals surface area (Å²) < 4.78 is 59.8. The molecule has 5 heterocycles. The topological polar surface area (TPSA) is 225 Å². The number of piperazine rings is 1. The molecule has 0 unspecified atom stereocenters. The molecule has 3 fully saturated rings. The molecule has 73 heavy (non-hydrogen) atoms. The van der Waals surface area contributed by atoms with Crippen molar-refractivity contribution in [3.05, 3.63) is 71.5 Å². The van der Waals surface area contributed by atoms with Gasteiger partial charge in [-0.3, -0.25) is 19.2 Å². The van der Waals surface area contributed by atoms with Crippen LogP contribution in [0.2, 0.25) is 0 Å². The average Bonchev–Trinajstić information content (AvgIpc) is 4.03. The molecular weight excluding hydrogens is 979 g/mol. The lowest BCUT2D eigenvalue weighted by molar-refractivity contribution is -0.140. The van der Waals surface area contributed by atoms with Gasteiger partial charge in [0, 0.05) is 64.3 Å². The summed E-state index contributed by atoms with van der Waals surface area (Å²) in [4.78, 5) is 67.5. The fraction of sp³-hybridized carbons (Fsp3) is 0.529. The Kier molecular flexibility index (Phi) is 18.2. The van der Waals surface area contributed by atoms with Crippen LogP contribution in [0.15, 0.2) is 65.1 Å². The van der Waals surface area contributed by atoms with Crippen LogP contribution < -0.4 is 30.2 Å². The summed E-state index contributed by atoms with van der Waals surface area (Å²) in [5.74, 6) is 0.583. The van der Waals surface area contributed by atoms with Crippen molar-refractivity contribution < 1.29 is 51.3 Å². The predicted molar refractivity (Wildman–Crippen MR) is 275 cm³/mol. The first-order valence-corrected chi connectivity index (χ1v) is 27.4. The minimum atomic E-state index is -3.70. The zero-order chi connectivity index (χ0) is 51.5. The third kappa shape index (κ3) is 12.7. The average molecular weight is 1050 g/mol. The molecule has 2 saturated heterocycles. The van der Waals surface area contributed by atoms with Crippen LogP contribution in [0.5, 0.6) is 17.4 Å². The van der Waals surface area contributed by atoms with Gasteiger partial charge in [-0.25, -0.2) is 18.4 Å². The molecule has 1 aliphatic carbocycles. The molecule has 3 aromatic heterocycles. The fourth-order valence-electron chi connectivity index (χ4n) is 9.68. The van der Waals surface area contributed by atoms with E-state index in [0.717, 1.165) is 42.3 Å². The minimum absolute atomic E-state index is 0.0561. The molecule has 3 aliphatic rings. The highest BCUT2D eigenvalue weighted by Crippen LogP contribution is 2.33. The van der Waals surface area contributed by atoms with Gasteiger partial charge in [0.1, 0.15) is 47.0 Å². The number of aromatic nitrogens is 3. The Labute approximate surface area is 430 Å². The minimum Gasteiger partial charge on any atom is -0.497 e. The predicted octanol–water partition coefficient (Wildman–Crippen LogP) is 4.22. The van der Waals surface area contributed by atoms with Crippen LogP contribution >= 0.6 is 11.3 Å². The number of carbonyl (C=O) groups excluding carboxylic acids is 4. The van der Waals surface area contributed by atoms with Crippen molar-refractivity contribution in [3.63, 3.8) is 0 Å². The fourth-order valence-corrected chi connectivity index (χ4v) is 11.9. The Morgan fingerprint density at radius 3 is 2.22 bits per heavy atom. The monoisotopic (exact) mass is 1050 g/mol.